The number of hydrogen-bond acceptors (Lipinski definition) is 6. The third-order valence-electron chi connectivity index (χ3n) is 11.8. The molecule has 0 N–H and O–H groups in total. The van der Waals surface area contributed by atoms with Crippen molar-refractivity contribution >= 4 is 17.7 Å². The highest BCUT2D eigenvalue weighted by molar-refractivity contribution is 5.89. The van der Waals surface area contributed by atoms with Crippen LogP contribution < -0.4 is 0 Å². The van der Waals surface area contributed by atoms with Gasteiger partial charge in [0.1, 0.15) is 6.10 Å². The second-order valence-electron chi connectivity index (χ2n) is 14.6. The maximum Gasteiger partial charge on any atom is 0.307 e. The number of ketones is 1. The Kier molecular flexibility index (Phi) is 7.91. The standard InChI is InChI=1S/C34H51NO5/c1-21-16-22(2)20-35(19-21)15-11-31(38)39-26-8-12-32(6)28-9-13-33(7)29(27(28)17-23(3)30(32)18-26)10-14-34(33,24(4)36)40-25(5)37/h17-18,21-22,26-29H,8-16,19-20H2,1-7H3/t21-,22+,26-,27-,28+,29+,32-,33+,34+/m1/s1. The van der Waals surface area contributed by atoms with E-state index < -0.39 is 5.60 Å². The Morgan fingerprint density at radius 1 is 0.950 bits per heavy atom. The summed E-state index contributed by atoms with van der Waals surface area (Å²) in [4.78, 5) is 40.4. The quantitative estimate of drug-likeness (QED) is 0.360. The lowest BCUT2D eigenvalue weighted by atomic mass is 9.47. The first-order valence-corrected chi connectivity index (χ1v) is 15.8. The van der Waals surface area contributed by atoms with E-state index >= 15 is 0 Å². The fourth-order valence-corrected chi connectivity index (χ4v) is 10.2. The van der Waals surface area contributed by atoms with Gasteiger partial charge in [0, 0.05) is 32.0 Å². The number of fused-ring (bicyclic) bond motifs is 5. The molecule has 5 rings (SSSR count). The molecule has 1 saturated heterocycles. The summed E-state index contributed by atoms with van der Waals surface area (Å²) in [5, 5.41) is 0. The molecule has 4 aliphatic carbocycles. The monoisotopic (exact) mass is 553 g/mol. The van der Waals surface area contributed by atoms with Gasteiger partial charge in [-0.3, -0.25) is 14.4 Å². The molecule has 40 heavy (non-hydrogen) atoms. The van der Waals surface area contributed by atoms with Crippen LogP contribution in [0.5, 0.6) is 0 Å². The highest BCUT2D eigenvalue weighted by Gasteiger charge is 2.67. The number of hydrogen-bond donors (Lipinski definition) is 0. The molecule has 5 aliphatic rings. The van der Waals surface area contributed by atoms with Gasteiger partial charge in [0.25, 0.3) is 0 Å². The molecular formula is C34H51NO5. The van der Waals surface area contributed by atoms with Gasteiger partial charge < -0.3 is 14.4 Å². The van der Waals surface area contributed by atoms with E-state index in [4.69, 9.17) is 9.47 Å². The molecular weight excluding hydrogens is 502 g/mol. The number of esters is 2. The van der Waals surface area contributed by atoms with Crippen LogP contribution in [0.25, 0.3) is 0 Å². The Balaban J connectivity index is 1.31. The minimum Gasteiger partial charge on any atom is -0.458 e. The van der Waals surface area contributed by atoms with E-state index in [1.807, 2.05) is 0 Å². The van der Waals surface area contributed by atoms with E-state index in [1.165, 1.54) is 24.5 Å². The predicted octanol–water partition coefficient (Wildman–Crippen LogP) is 6.29. The van der Waals surface area contributed by atoms with Crippen molar-refractivity contribution in [2.24, 2.45) is 40.4 Å². The lowest BCUT2D eigenvalue weighted by molar-refractivity contribution is -0.185. The summed E-state index contributed by atoms with van der Waals surface area (Å²) in [6.07, 6.45) is 11.5. The SMILES string of the molecule is CC(=O)O[C@]1(C(C)=O)CC[C@H]2[C@@H]3C=C(C)C4=C[C@H](OC(=O)CCN5C[C@H](C)C[C@H](C)C5)CC[C@]4(C)[C@H]3CC[C@@]21C. The Labute approximate surface area is 241 Å². The highest BCUT2D eigenvalue weighted by Crippen LogP contribution is 2.68. The van der Waals surface area contributed by atoms with Crippen molar-refractivity contribution in [1.82, 2.24) is 4.90 Å². The lowest BCUT2D eigenvalue weighted by Gasteiger charge is -2.58. The summed E-state index contributed by atoms with van der Waals surface area (Å²) in [5.41, 5.74) is 1.28. The zero-order chi connectivity index (χ0) is 29.0. The minimum atomic E-state index is -1.01. The van der Waals surface area contributed by atoms with Gasteiger partial charge in [0.15, 0.2) is 11.4 Å². The summed E-state index contributed by atoms with van der Waals surface area (Å²) in [7, 11) is 0. The second-order valence-corrected chi connectivity index (χ2v) is 14.6. The van der Waals surface area contributed by atoms with Crippen LogP contribution in [0.15, 0.2) is 23.3 Å². The molecule has 6 nitrogen and oxygen atoms in total. The molecule has 6 heteroatoms. The van der Waals surface area contributed by atoms with Gasteiger partial charge in [-0.2, -0.15) is 0 Å². The van der Waals surface area contributed by atoms with Gasteiger partial charge in [-0.05, 0) is 105 Å². The molecule has 222 valence electrons. The average Bonchev–Trinajstić information content (AvgIpc) is 3.16. The van der Waals surface area contributed by atoms with Gasteiger partial charge in [0.2, 0.25) is 0 Å². The number of nitrogens with zero attached hydrogens (tertiary/aromatic N) is 1. The summed E-state index contributed by atoms with van der Waals surface area (Å²) in [5.74, 6) is 2.04. The van der Waals surface area contributed by atoms with E-state index in [9.17, 15) is 14.4 Å². The van der Waals surface area contributed by atoms with Gasteiger partial charge in [-0.15, -0.1) is 0 Å². The van der Waals surface area contributed by atoms with Crippen molar-refractivity contribution in [1.29, 1.82) is 0 Å². The number of piperidine rings is 1. The molecule has 0 amide bonds. The Bertz CT molecular complexity index is 1100. The van der Waals surface area contributed by atoms with Crippen LogP contribution in [-0.2, 0) is 23.9 Å². The zero-order valence-electron chi connectivity index (χ0n) is 25.9. The first-order valence-electron chi connectivity index (χ1n) is 15.8. The number of carbonyl (C=O) groups excluding carboxylic acids is 3. The first kappa shape index (κ1) is 29.5. The van der Waals surface area contributed by atoms with Crippen molar-refractivity contribution in [3.05, 3.63) is 23.3 Å². The third kappa shape index (κ3) is 4.90. The number of allylic oxidation sites excluding steroid dienone is 3. The molecule has 1 heterocycles. The Morgan fingerprint density at radius 3 is 2.27 bits per heavy atom. The smallest absolute Gasteiger partial charge is 0.307 e. The number of ether oxygens (including phenoxy) is 2. The van der Waals surface area contributed by atoms with Crippen LogP contribution >= 0.6 is 0 Å². The van der Waals surface area contributed by atoms with Crippen molar-refractivity contribution < 1.29 is 23.9 Å². The maximum atomic E-state index is 13.0. The van der Waals surface area contributed by atoms with E-state index in [-0.39, 0.29) is 34.7 Å². The van der Waals surface area contributed by atoms with Crippen LogP contribution in [0.4, 0.5) is 0 Å². The second kappa shape index (κ2) is 10.7. The maximum absolute atomic E-state index is 13.0. The molecule has 3 fully saturated rings. The van der Waals surface area contributed by atoms with Crippen LogP contribution in [-0.4, -0.2) is 54.0 Å². The van der Waals surface area contributed by atoms with E-state index in [0.717, 1.165) is 51.7 Å². The van der Waals surface area contributed by atoms with Gasteiger partial charge in [-0.1, -0.05) is 39.3 Å². The number of Topliss-reactive ketones (excluding diaryl/α,β-unsaturated/α-hetero) is 1. The molecule has 2 saturated carbocycles. The molecule has 0 radical (unpaired) electrons. The van der Waals surface area contributed by atoms with Crippen LogP contribution in [0.3, 0.4) is 0 Å². The molecule has 0 aromatic rings. The number of carbonyl (C=O) groups is 3. The molecule has 0 bridgehead atoms. The summed E-state index contributed by atoms with van der Waals surface area (Å²) in [6, 6.07) is 0. The normalized spacial score (nSPS) is 43.0. The molecule has 0 spiro atoms. The Hall–Kier alpha value is -1.95. The largest absolute Gasteiger partial charge is 0.458 e. The lowest BCUT2D eigenvalue weighted by Crippen LogP contribution is -2.58. The van der Waals surface area contributed by atoms with Gasteiger partial charge in [0.05, 0.1) is 6.42 Å². The summed E-state index contributed by atoms with van der Waals surface area (Å²) < 4.78 is 12.0. The van der Waals surface area contributed by atoms with E-state index in [2.05, 4.69) is 51.7 Å². The molecule has 1 aliphatic heterocycles. The van der Waals surface area contributed by atoms with Crippen LogP contribution in [0, 0.1) is 40.4 Å². The topological polar surface area (TPSA) is 72.9 Å². The minimum absolute atomic E-state index is 0.0129. The van der Waals surface area contributed by atoms with Crippen molar-refractivity contribution in [3.63, 3.8) is 0 Å². The first-order chi connectivity index (χ1) is 18.8. The zero-order valence-corrected chi connectivity index (χ0v) is 25.9. The molecule has 9 atom stereocenters. The Morgan fingerprint density at radius 2 is 1.62 bits per heavy atom. The third-order valence-corrected chi connectivity index (χ3v) is 11.8. The van der Waals surface area contributed by atoms with Crippen molar-refractivity contribution in [2.75, 3.05) is 19.6 Å². The summed E-state index contributed by atoms with van der Waals surface area (Å²) in [6.45, 7) is 17.4. The van der Waals surface area contributed by atoms with E-state index in [0.29, 0.717) is 42.4 Å². The molecule has 0 unspecified atom stereocenters. The summed E-state index contributed by atoms with van der Waals surface area (Å²) >= 11 is 0. The van der Waals surface area contributed by atoms with Crippen LogP contribution in [0.1, 0.15) is 99.8 Å². The fourth-order valence-electron chi connectivity index (χ4n) is 10.2. The number of likely N-dealkylation sites (tertiary alicyclic amines) is 1. The fraction of sp³-hybridized carbons (Fsp3) is 0.794. The predicted molar refractivity (Wildman–Crippen MR) is 155 cm³/mol. The van der Waals surface area contributed by atoms with Gasteiger partial charge >= 0.3 is 11.9 Å². The van der Waals surface area contributed by atoms with Crippen molar-refractivity contribution in [2.45, 2.75) is 112 Å². The highest BCUT2D eigenvalue weighted by atomic mass is 16.6. The van der Waals surface area contributed by atoms with Crippen molar-refractivity contribution in [3.8, 4) is 0 Å². The van der Waals surface area contributed by atoms with Crippen LogP contribution in [0.2, 0.25) is 0 Å². The van der Waals surface area contributed by atoms with Gasteiger partial charge in [-0.25, -0.2) is 0 Å². The average molecular weight is 554 g/mol. The molecule has 0 aromatic carbocycles. The molecule has 0 aromatic heterocycles. The number of rotatable bonds is 6. The van der Waals surface area contributed by atoms with E-state index in [1.54, 1.807) is 6.92 Å².